The number of aliphatic hydroxyl groups excluding tert-OH is 1. The first-order valence-electron chi connectivity index (χ1n) is 14.1. The van der Waals surface area contributed by atoms with Crippen molar-refractivity contribution in [3.05, 3.63) is 47.8 Å². The fourth-order valence-electron chi connectivity index (χ4n) is 6.13. The van der Waals surface area contributed by atoms with Gasteiger partial charge in [-0.05, 0) is 92.7 Å². The quantitative estimate of drug-likeness (QED) is 0.405. The summed E-state index contributed by atoms with van der Waals surface area (Å²) in [4.78, 5) is 7.26. The largest absolute Gasteiger partial charge is 0.387 e. The minimum absolute atomic E-state index is 0.281. The van der Waals surface area contributed by atoms with Crippen molar-refractivity contribution in [3.63, 3.8) is 0 Å². The molecule has 2 atom stereocenters. The highest BCUT2D eigenvalue weighted by molar-refractivity contribution is 7.86. The number of rotatable bonds is 8. The van der Waals surface area contributed by atoms with Crippen LogP contribution in [0.3, 0.4) is 0 Å². The third-order valence-electron chi connectivity index (χ3n) is 8.73. The van der Waals surface area contributed by atoms with E-state index in [4.69, 9.17) is 4.98 Å². The molecule has 0 radical (unpaired) electrons. The van der Waals surface area contributed by atoms with E-state index in [1.807, 2.05) is 49.0 Å². The van der Waals surface area contributed by atoms with Gasteiger partial charge in [0, 0.05) is 24.5 Å². The predicted molar refractivity (Wildman–Crippen MR) is 152 cm³/mol. The van der Waals surface area contributed by atoms with Crippen LogP contribution in [0.2, 0.25) is 0 Å². The summed E-state index contributed by atoms with van der Waals surface area (Å²) in [6.45, 7) is 5.97. The SMILES string of the molecule is CCS(=O)Nc1ccc(-n2cc(-c3cc(C)cc(C(O)C4CCCC4)n3)nn2)c(N2CCC3(CC2)CC3)c1. The van der Waals surface area contributed by atoms with Gasteiger partial charge in [-0.3, -0.25) is 0 Å². The third-order valence-corrected chi connectivity index (χ3v) is 9.72. The number of pyridine rings is 1. The van der Waals surface area contributed by atoms with Gasteiger partial charge in [-0.25, -0.2) is 13.9 Å². The molecule has 1 aromatic carbocycles. The van der Waals surface area contributed by atoms with E-state index in [9.17, 15) is 9.32 Å². The molecule has 2 aromatic heterocycles. The topological polar surface area (TPSA) is 96.2 Å². The van der Waals surface area contributed by atoms with Gasteiger partial charge in [0.15, 0.2) is 0 Å². The van der Waals surface area contributed by atoms with E-state index in [1.165, 1.54) is 38.5 Å². The zero-order valence-corrected chi connectivity index (χ0v) is 23.2. The number of aryl methyl sites for hydroxylation is 1. The summed E-state index contributed by atoms with van der Waals surface area (Å²) in [7, 11) is -1.11. The first-order valence-corrected chi connectivity index (χ1v) is 15.4. The van der Waals surface area contributed by atoms with Crippen LogP contribution in [0.1, 0.15) is 75.7 Å². The maximum Gasteiger partial charge on any atom is 0.131 e. The Bertz CT molecular complexity index is 1320. The molecular formula is C29H38N6O2S. The van der Waals surface area contributed by atoms with Gasteiger partial charge < -0.3 is 14.7 Å². The molecule has 1 aliphatic heterocycles. The molecule has 3 aromatic rings. The number of hydrogen-bond donors (Lipinski definition) is 2. The maximum atomic E-state index is 12.2. The normalized spacial score (nSPS) is 20.6. The second-order valence-electron chi connectivity index (χ2n) is 11.4. The second-order valence-corrected chi connectivity index (χ2v) is 12.9. The number of anilines is 2. The van der Waals surface area contributed by atoms with Gasteiger partial charge >= 0.3 is 0 Å². The lowest BCUT2D eigenvalue weighted by atomic mass is 9.93. The average molecular weight is 535 g/mol. The number of hydrogen-bond acceptors (Lipinski definition) is 6. The van der Waals surface area contributed by atoms with Crippen LogP contribution in [-0.4, -0.2) is 48.1 Å². The minimum atomic E-state index is -1.11. The number of aliphatic hydroxyl groups is 1. The first-order chi connectivity index (χ1) is 18.4. The van der Waals surface area contributed by atoms with Gasteiger partial charge in [0.25, 0.3) is 0 Å². The van der Waals surface area contributed by atoms with Crippen LogP contribution >= 0.6 is 0 Å². The molecule has 38 heavy (non-hydrogen) atoms. The van der Waals surface area contributed by atoms with Crippen molar-refractivity contribution in [2.45, 2.75) is 71.3 Å². The van der Waals surface area contributed by atoms with Crippen molar-refractivity contribution in [3.8, 4) is 17.1 Å². The standard InChI is InChI=1S/C29H38N6O2S/c1-3-38(37)32-22-8-9-26(27(18-22)34-14-12-29(10-11-29)13-15-34)35-19-25(31-33-35)23-16-20(2)17-24(30-23)28(36)21-6-4-5-7-21/h8-9,16-19,21,28,32,36H,3-7,10-15H2,1-2H3. The van der Waals surface area contributed by atoms with Crippen molar-refractivity contribution in [1.29, 1.82) is 0 Å². The summed E-state index contributed by atoms with van der Waals surface area (Å²) in [6, 6.07) is 10.1. The van der Waals surface area contributed by atoms with Crippen LogP contribution < -0.4 is 9.62 Å². The van der Waals surface area contributed by atoms with Crippen LogP contribution in [0, 0.1) is 18.3 Å². The zero-order valence-electron chi connectivity index (χ0n) is 22.4. The van der Waals surface area contributed by atoms with E-state index >= 15 is 0 Å². The molecule has 202 valence electrons. The highest BCUT2D eigenvalue weighted by Gasteiger charge is 2.44. The van der Waals surface area contributed by atoms with Crippen molar-refractivity contribution in [2.75, 3.05) is 28.5 Å². The molecule has 2 N–H and O–H groups in total. The summed E-state index contributed by atoms with van der Waals surface area (Å²) in [5.41, 5.74) is 6.64. The smallest absolute Gasteiger partial charge is 0.131 e. The summed E-state index contributed by atoms with van der Waals surface area (Å²) in [5.74, 6) is 0.834. The van der Waals surface area contributed by atoms with Crippen LogP contribution in [0.25, 0.3) is 17.1 Å². The Labute approximate surface area is 227 Å². The highest BCUT2D eigenvalue weighted by Crippen LogP contribution is 2.54. The lowest BCUT2D eigenvalue weighted by molar-refractivity contribution is 0.107. The number of aromatic nitrogens is 4. The predicted octanol–water partition coefficient (Wildman–Crippen LogP) is 5.34. The van der Waals surface area contributed by atoms with Crippen LogP contribution in [0.15, 0.2) is 36.5 Å². The van der Waals surface area contributed by atoms with Gasteiger partial charge in [-0.1, -0.05) is 25.0 Å². The number of piperidine rings is 1. The molecule has 2 unspecified atom stereocenters. The average Bonchev–Trinajstić information content (AvgIpc) is 3.30. The van der Waals surface area contributed by atoms with E-state index in [0.29, 0.717) is 16.9 Å². The molecule has 9 heteroatoms. The number of nitrogens with one attached hydrogen (secondary N) is 1. The molecule has 8 nitrogen and oxygen atoms in total. The van der Waals surface area contributed by atoms with Crippen molar-refractivity contribution < 1.29 is 9.32 Å². The van der Waals surface area contributed by atoms with E-state index in [2.05, 4.69) is 26.0 Å². The van der Waals surface area contributed by atoms with E-state index in [1.54, 1.807) is 0 Å². The molecule has 2 aliphatic carbocycles. The lowest BCUT2D eigenvalue weighted by Crippen LogP contribution is -2.35. The Morgan fingerprint density at radius 1 is 1.08 bits per heavy atom. The molecule has 3 heterocycles. The summed E-state index contributed by atoms with van der Waals surface area (Å²) >= 11 is 0. The van der Waals surface area contributed by atoms with Gasteiger partial charge in [-0.15, -0.1) is 5.10 Å². The summed E-state index contributed by atoms with van der Waals surface area (Å²) in [5, 5.41) is 20.0. The van der Waals surface area contributed by atoms with E-state index in [0.717, 1.165) is 59.9 Å². The summed E-state index contributed by atoms with van der Waals surface area (Å²) < 4.78 is 17.1. The Kier molecular flexibility index (Phi) is 6.99. The van der Waals surface area contributed by atoms with Crippen LogP contribution in [0.5, 0.6) is 0 Å². The van der Waals surface area contributed by atoms with Crippen molar-refractivity contribution in [2.24, 2.45) is 11.3 Å². The molecule has 0 bridgehead atoms. The number of benzene rings is 1. The fraction of sp³-hybridized carbons (Fsp3) is 0.552. The zero-order chi connectivity index (χ0) is 26.3. The molecular weight excluding hydrogens is 496 g/mol. The molecule has 1 spiro atoms. The molecule has 0 amide bonds. The Balaban J connectivity index is 1.31. The Morgan fingerprint density at radius 3 is 2.55 bits per heavy atom. The molecule has 6 rings (SSSR count). The van der Waals surface area contributed by atoms with Crippen LogP contribution in [0.4, 0.5) is 11.4 Å². The van der Waals surface area contributed by atoms with Gasteiger partial charge in [0.05, 0.1) is 35.1 Å². The van der Waals surface area contributed by atoms with E-state index in [-0.39, 0.29) is 5.92 Å². The summed E-state index contributed by atoms with van der Waals surface area (Å²) in [6.07, 6.45) is 11.0. The fourth-order valence-corrected chi connectivity index (χ4v) is 6.66. The van der Waals surface area contributed by atoms with Crippen LogP contribution in [-0.2, 0) is 11.0 Å². The molecule has 1 saturated heterocycles. The van der Waals surface area contributed by atoms with Gasteiger partial charge in [0.2, 0.25) is 0 Å². The highest BCUT2D eigenvalue weighted by atomic mass is 32.2. The lowest BCUT2D eigenvalue weighted by Gasteiger charge is -2.35. The number of nitrogens with zero attached hydrogens (tertiary/aromatic N) is 5. The van der Waals surface area contributed by atoms with Crippen molar-refractivity contribution >= 4 is 22.4 Å². The monoisotopic (exact) mass is 534 g/mol. The second kappa shape index (κ2) is 10.4. The molecule has 2 saturated carbocycles. The molecule has 3 aliphatic rings. The van der Waals surface area contributed by atoms with Gasteiger partial charge in [-0.2, -0.15) is 0 Å². The van der Waals surface area contributed by atoms with E-state index < -0.39 is 17.1 Å². The third kappa shape index (κ3) is 5.23. The van der Waals surface area contributed by atoms with Crippen molar-refractivity contribution in [1.82, 2.24) is 20.0 Å². The molecule has 3 fully saturated rings. The van der Waals surface area contributed by atoms with Gasteiger partial charge in [0.1, 0.15) is 16.7 Å². The minimum Gasteiger partial charge on any atom is -0.387 e. The Hall–Kier alpha value is -2.78. The first kappa shape index (κ1) is 25.5. The Morgan fingerprint density at radius 2 is 1.84 bits per heavy atom. The maximum absolute atomic E-state index is 12.2.